The number of benzene rings is 1. The summed E-state index contributed by atoms with van der Waals surface area (Å²) in [5.74, 6) is -0.0815. The second-order valence-corrected chi connectivity index (χ2v) is 6.79. The van der Waals surface area contributed by atoms with Crippen LogP contribution in [0.5, 0.6) is 5.75 Å². The lowest BCUT2D eigenvalue weighted by molar-refractivity contribution is -0.127. The molecule has 112 valence electrons. The highest BCUT2D eigenvalue weighted by Crippen LogP contribution is 2.27. The Bertz CT molecular complexity index is 587. The van der Waals surface area contributed by atoms with Crippen molar-refractivity contribution in [1.82, 2.24) is 9.62 Å². The van der Waals surface area contributed by atoms with Crippen molar-refractivity contribution in [3.63, 3.8) is 0 Å². The smallest absolute Gasteiger partial charge is 0.244 e. The van der Waals surface area contributed by atoms with E-state index in [9.17, 15) is 13.2 Å². The van der Waals surface area contributed by atoms with Gasteiger partial charge in [0.05, 0.1) is 13.2 Å². The quantitative estimate of drug-likeness (QED) is 0.823. The van der Waals surface area contributed by atoms with Crippen LogP contribution < -0.4 is 9.46 Å². The van der Waals surface area contributed by atoms with Gasteiger partial charge < -0.3 is 9.64 Å². The molecule has 1 aromatic rings. The first-order valence-electron chi connectivity index (χ1n) is 5.90. The van der Waals surface area contributed by atoms with Crippen LogP contribution in [0.25, 0.3) is 0 Å². The maximum atomic E-state index is 12.2. The van der Waals surface area contributed by atoms with Crippen LogP contribution in [0.4, 0.5) is 0 Å². The van der Waals surface area contributed by atoms with Crippen LogP contribution in [0.1, 0.15) is 6.92 Å². The number of amides is 1. The standard InChI is InChI=1S/C12H17BrN2O4S/c1-4-19-10-6-5-9(13)7-11(10)20(17,18)14-8-12(16)15(2)3/h5-7,14H,4,8H2,1-3H3. The average molecular weight is 365 g/mol. The van der Waals surface area contributed by atoms with Crippen LogP contribution >= 0.6 is 15.9 Å². The van der Waals surface area contributed by atoms with E-state index in [0.29, 0.717) is 11.1 Å². The Hall–Kier alpha value is -1.12. The highest BCUT2D eigenvalue weighted by Gasteiger charge is 2.21. The van der Waals surface area contributed by atoms with Crippen molar-refractivity contribution in [3.8, 4) is 5.75 Å². The number of likely N-dealkylation sites (N-methyl/N-ethyl adjacent to an activating group) is 1. The molecule has 20 heavy (non-hydrogen) atoms. The molecule has 0 unspecified atom stereocenters. The molecular weight excluding hydrogens is 348 g/mol. The molecular formula is C12H17BrN2O4S. The first-order chi connectivity index (χ1) is 9.27. The van der Waals surface area contributed by atoms with Crippen molar-refractivity contribution >= 4 is 31.9 Å². The van der Waals surface area contributed by atoms with Crippen LogP contribution in [0.3, 0.4) is 0 Å². The van der Waals surface area contributed by atoms with Gasteiger partial charge in [0.2, 0.25) is 15.9 Å². The maximum absolute atomic E-state index is 12.2. The normalized spacial score (nSPS) is 11.2. The lowest BCUT2D eigenvalue weighted by atomic mass is 10.3. The first kappa shape index (κ1) is 16.9. The number of hydrogen-bond donors (Lipinski definition) is 1. The lowest BCUT2D eigenvalue weighted by Gasteiger charge is -2.14. The van der Waals surface area contributed by atoms with E-state index in [1.54, 1.807) is 33.2 Å². The second kappa shape index (κ2) is 7.05. The zero-order chi connectivity index (χ0) is 15.3. The molecule has 1 aromatic carbocycles. The van der Waals surface area contributed by atoms with E-state index in [-0.39, 0.29) is 23.1 Å². The van der Waals surface area contributed by atoms with E-state index >= 15 is 0 Å². The van der Waals surface area contributed by atoms with Crippen molar-refractivity contribution in [2.24, 2.45) is 0 Å². The number of rotatable bonds is 6. The van der Waals surface area contributed by atoms with Crippen molar-refractivity contribution in [2.45, 2.75) is 11.8 Å². The molecule has 0 fully saturated rings. The third-order valence-electron chi connectivity index (χ3n) is 2.41. The Kier molecular flexibility index (Phi) is 5.97. The third kappa shape index (κ3) is 4.46. The fraction of sp³-hybridized carbons (Fsp3) is 0.417. The summed E-state index contributed by atoms with van der Waals surface area (Å²) in [5, 5.41) is 0. The van der Waals surface area contributed by atoms with E-state index in [2.05, 4.69) is 20.7 Å². The summed E-state index contributed by atoms with van der Waals surface area (Å²) in [6, 6.07) is 4.69. The number of hydrogen-bond acceptors (Lipinski definition) is 4. The van der Waals surface area contributed by atoms with Gasteiger partial charge in [-0.2, -0.15) is 0 Å². The molecule has 0 saturated carbocycles. The van der Waals surface area contributed by atoms with Gasteiger partial charge in [0.25, 0.3) is 0 Å². The molecule has 0 aromatic heterocycles. The molecule has 0 saturated heterocycles. The lowest BCUT2D eigenvalue weighted by Crippen LogP contribution is -2.36. The molecule has 1 amide bonds. The molecule has 8 heteroatoms. The predicted octanol–water partition coefficient (Wildman–Crippen LogP) is 1.21. The van der Waals surface area contributed by atoms with E-state index in [4.69, 9.17) is 4.74 Å². The summed E-state index contributed by atoms with van der Waals surface area (Å²) in [7, 11) is -0.703. The molecule has 0 atom stereocenters. The SMILES string of the molecule is CCOc1ccc(Br)cc1S(=O)(=O)NCC(=O)N(C)C. The number of nitrogens with one attached hydrogen (secondary N) is 1. The second-order valence-electron chi connectivity index (χ2n) is 4.14. The maximum Gasteiger partial charge on any atom is 0.244 e. The van der Waals surface area contributed by atoms with E-state index in [0.717, 1.165) is 0 Å². The Morgan fingerprint density at radius 2 is 2.05 bits per heavy atom. The molecule has 1 rings (SSSR count). The highest BCUT2D eigenvalue weighted by atomic mass is 79.9. The van der Waals surface area contributed by atoms with E-state index < -0.39 is 10.0 Å². The monoisotopic (exact) mass is 364 g/mol. The number of halogens is 1. The van der Waals surface area contributed by atoms with Gasteiger partial charge in [0.15, 0.2) is 0 Å². The molecule has 0 aliphatic heterocycles. The number of carbonyl (C=O) groups is 1. The van der Waals surface area contributed by atoms with Crippen molar-refractivity contribution in [3.05, 3.63) is 22.7 Å². The molecule has 0 bridgehead atoms. The van der Waals surface area contributed by atoms with E-state index in [1.165, 1.54) is 11.0 Å². The highest BCUT2D eigenvalue weighted by molar-refractivity contribution is 9.10. The zero-order valence-corrected chi connectivity index (χ0v) is 13.9. The third-order valence-corrected chi connectivity index (χ3v) is 4.32. The summed E-state index contributed by atoms with van der Waals surface area (Å²) in [4.78, 5) is 12.8. The summed E-state index contributed by atoms with van der Waals surface area (Å²) in [6.07, 6.45) is 0. The van der Waals surface area contributed by atoms with E-state index in [1.807, 2.05) is 0 Å². The average Bonchev–Trinajstić information content (AvgIpc) is 2.38. The van der Waals surface area contributed by atoms with Gasteiger partial charge in [-0.1, -0.05) is 15.9 Å². The zero-order valence-electron chi connectivity index (χ0n) is 11.5. The van der Waals surface area contributed by atoms with Gasteiger partial charge in [-0.05, 0) is 25.1 Å². The van der Waals surface area contributed by atoms with Crippen LogP contribution in [0.15, 0.2) is 27.6 Å². The summed E-state index contributed by atoms with van der Waals surface area (Å²) < 4.78 is 32.6. The Balaban J connectivity index is 3.02. The van der Waals surface area contributed by atoms with Gasteiger partial charge in [0, 0.05) is 18.6 Å². The van der Waals surface area contributed by atoms with Crippen LogP contribution in [-0.4, -0.2) is 46.5 Å². The minimum atomic E-state index is -3.82. The molecule has 1 N–H and O–H groups in total. The van der Waals surface area contributed by atoms with Gasteiger partial charge in [-0.15, -0.1) is 0 Å². The minimum absolute atomic E-state index is 0.000260. The van der Waals surface area contributed by atoms with Crippen molar-refractivity contribution < 1.29 is 17.9 Å². The fourth-order valence-corrected chi connectivity index (χ4v) is 3.01. The van der Waals surface area contributed by atoms with Gasteiger partial charge >= 0.3 is 0 Å². The summed E-state index contributed by atoms with van der Waals surface area (Å²) in [6.45, 7) is 1.82. The van der Waals surface area contributed by atoms with Crippen molar-refractivity contribution in [1.29, 1.82) is 0 Å². The first-order valence-corrected chi connectivity index (χ1v) is 8.17. The molecule has 0 radical (unpaired) electrons. The number of sulfonamides is 1. The number of nitrogens with zero attached hydrogens (tertiary/aromatic N) is 1. The molecule has 6 nitrogen and oxygen atoms in total. The van der Waals surface area contributed by atoms with Gasteiger partial charge in [0.1, 0.15) is 10.6 Å². The molecule has 0 aliphatic rings. The van der Waals surface area contributed by atoms with Crippen LogP contribution in [0.2, 0.25) is 0 Å². The fourth-order valence-electron chi connectivity index (χ4n) is 1.36. The Morgan fingerprint density at radius 1 is 1.40 bits per heavy atom. The molecule has 0 aliphatic carbocycles. The Labute approximate surface area is 127 Å². The summed E-state index contributed by atoms with van der Waals surface area (Å²) in [5.41, 5.74) is 0. The van der Waals surface area contributed by atoms with Gasteiger partial charge in [-0.3, -0.25) is 4.79 Å². The topological polar surface area (TPSA) is 75.7 Å². The molecule has 0 spiro atoms. The Morgan fingerprint density at radius 3 is 2.60 bits per heavy atom. The largest absolute Gasteiger partial charge is 0.492 e. The molecule has 0 heterocycles. The minimum Gasteiger partial charge on any atom is -0.492 e. The number of ether oxygens (including phenoxy) is 1. The number of carbonyl (C=O) groups excluding carboxylic acids is 1. The van der Waals surface area contributed by atoms with Crippen LogP contribution in [0, 0.1) is 0 Å². The van der Waals surface area contributed by atoms with Gasteiger partial charge in [-0.25, -0.2) is 13.1 Å². The summed E-state index contributed by atoms with van der Waals surface area (Å²) >= 11 is 3.22. The van der Waals surface area contributed by atoms with Crippen LogP contribution in [-0.2, 0) is 14.8 Å². The predicted molar refractivity (Wildman–Crippen MR) is 79.2 cm³/mol. The van der Waals surface area contributed by atoms with Crippen molar-refractivity contribution in [2.75, 3.05) is 27.2 Å².